The molecule has 0 saturated heterocycles. The SMILES string of the molecule is CCC(C)(C)OC(=O)N1CCOC2=C1C=C(/C=C(/C=O)SC(N)=O)C=CC2. The van der Waals surface area contributed by atoms with Crippen molar-refractivity contribution in [1.82, 2.24) is 4.90 Å². The molecule has 1 heterocycles. The monoisotopic (exact) mass is 392 g/mol. The maximum absolute atomic E-state index is 12.7. The van der Waals surface area contributed by atoms with Gasteiger partial charge in [-0.15, -0.1) is 0 Å². The molecule has 0 aromatic heterocycles. The average molecular weight is 392 g/mol. The molecule has 2 rings (SSSR count). The van der Waals surface area contributed by atoms with Crippen LogP contribution in [0.2, 0.25) is 0 Å². The van der Waals surface area contributed by atoms with E-state index >= 15 is 0 Å². The molecule has 0 spiro atoms. The summed E-state index contributed by atoms with van der Waals surface area (Å²) >= 11 is 0.652. The minimum absolute atomic E-state index is 0.181. The van der Waals surface area contributed by atoms with Crippen molar-refractivity contribution in [3.63, 3.8) is 0 Å². The third-order valence-corrected chi connectivity index (χ3v) is 4.81. The number of rotatable bonds is 5. The Morgan fingerprint density at radius 3 is 2.81 bits per heavy atom. The number of aldehydes is 1. The second-order valence-electron chi connectivity index (χ2n) is 6.63. The lowest BCUT2D eigenvalue weighted by Gasteiger charge is -2.33. The first kappa shape index (κ1) is 20.8. The van der Waals surface area contributed by atoms with Gasteiger partial charge in [-0.25, -0.2) is 4.79 Å². The summed E-state index contributed by atoms with van der Waals surface area (Å²) in [6.45, 7) is 6.41. The van der Waals surface area contributed by atoms with Crippen molar-refractivity contribution < 1.29 is 23.9 Å². The highest BCUT2D eigenvalue weighted by molar-refractivity contribution is 8.17. The fourth-order valence-corrected chi connectivity index (χ4v) is 2.92. The van der Waals surface area contributed by atoms with Crippen LogP contribution < -0.4 is 5.73 Å². The van der Waals surface area contributed by atoms with Gasteiger partial charge in [-0.05, 0) is 49.8 Å². The molecule has 0 unspecified atom stereocenters. The van der Waals surface area contributed by atoms with Gasteiger partial charge < -0.3 is 15.2 Å². The second-order valence-corrected chi connectivity index (χ2v) is 7.70. The lowest BCUT2D eigenvalue weighted by atomic mass is 10.1. The van der Waals surface area contributed by atoms with Gasteiger partial charge in [-0.3, -0.25) is 14.5 Å². The average Bonchev–Trinajstić information content (AvgIpc) is 2.81. The molecular weight excluding hydrogens is 368 g/mol. The summed E-state index contributed by atoms with van der Waals surface area (Å²) in [6, 6.07) is 0. The van der Waals surface area contributed by atoms with Crippen LogP contribution in [0.1, 0.15) is 33.6 Å². The molecule has 0 radical (unpaired) electrons. The maximum Gasteiger partial charge on any atom is 0.415 e. The summed E-state index contributed by atoms with van der Waals surface area (Å²) in [4.78, 5) is 36.7. The van der Waals surface area contributed by atoms with Crippen LogP contribution in [0.5, 0.6) is 0 Å². The summed E-state index contributed by atoms with van der Waals surface area (Å²) in [6.07, 6.45) is 8.26. The zero-order valence-corrected chi connectivity index (χ0v) is 16.5. The van der Waals surface area contributed by atoms with Gasteiger partial charge in [-0.2, -0.15) is 0 Å². The van der Waals surface area contributed by atoms with Gasteiger partial charge in [0.15, 0.2) is 6.29 Å². The normalized spacial score (nSPS) is 17.5. The van der Waals surface area contributed by atoms with Gasteiger partial charge in [0.2, 0.25) is 0 Å². The van der Waals surface area contributed by atoms with Crippen molar-refractivity contribution in [3.05, 3.63) is 46.2 Å². The molecule has 2 aliphatic rings. The third-order valence-electron chi connectivity index (χ3n) is 4.16. The predicted octanol–water partition coefficient (Wildman–Crippen LogP) is 3.64. The number of hydrogen-bond acceptors (Lipinski definition) is 6. The Kier molecular flexibility index (Phi) is 6.90. The Balaban J connectivity index is 2.34. The van der Waals surface area contributed by atoms with E-state index in [4.69, 9.17) is 15.2 Å². The molecule has 0 aromatic carbocycles. The predicted molar refractivity (Wildman–Crippen MR) is 104 cm³/mol. The fraction of sp³-hybridized carbons (Fsp3) is 0.421. The fourth-order valence-electron chi connectivity index (χ4n) is 2.45. The molecule has 27 heavy (non-hydrogen) atoms. The van der Waals surface area contributed by atoms with Gasteiger partial charge in [0, 0.05) is 6.42 Å². The molecule has 0 saturated carbocycles. The zero-order valence-electron chi connectivity index (χ0n) is 15.7. The summed E-state index contributed by atoms with van der Waals surface area (Å²) < 4.78 is 11.3. The Labute approximate surface area is 162 Å². The van der Waals surface area contributed by atoms with Crippen molar-refractivity contribution in [1.29, 1.82) is 0 Å². The van der Waals surface area contributed by atoms with Gasteiger partial charge in [-0.1, -0.05) is 19.1 Å². The lowest BCUT2D eigenvalue weighted by molar-refractivity contribution is -0.104. The molecule has 7 nitrogen and oxygen atoms in total. The summed E-state index contributed by atoms with van der Waals surface area (Å²) in [7, 11) is 0. The Morgan fingerprint density at radius 2 is 2.19 bits per heavy atom. The minimum Gasteiger partial charge on any atom is -0.494 e. The Morgan fingerprint density at radius 1 is 1.44 bits per heavy atom. The number of ether oxygens (including phenoxy) is 2. The van der Waals surface area contributed by atoms with Gasteiger partial charge >= 0.3 is 6.09 Å². The Hall–Kier alpha value is -2.48. The van der Waals surface area contributed by atoms with E-state index in [9.17, 15) is 14.4 Å². The number of primary amides is 1. The molecule has 2 N–H and O–H groups in total. The van der Waals surface area contributed by atoms with E-state index in [1.165, 1.54) is 0 Å². The Bertz CT molecular complexity index is 749. The van der Waals surface area contributed by atoms with Crippen LogP contribution in [0.4, 0.5) is 9.59 Å². The lowest BCUT2D eigenvalue weighted by Crippen LogP contribution is -2.41. The van der Waals surface area contributed by atoms with Crippen molar-refractivity contribution >= 4 is 29.4 Å². The standard InChI is InChI=1S/C19H24N2O5S/c1-4-19(2,3)26-18(24)21-8-9-25-16-7-5-6-13(11-15(16)21)10-14(12-22)27-17(20)23/h5-6,10-12H,4,7-9H2,1-3H3,(H2,20,23)/b14-10-. The molecule has 0 aromatic rings. The van der Waals surface area contributed by atoms with Crippen molar-refractivity contribution in [2.24, 2.45) is 5.73 Å². The molecule has 0 atom stereocenters. The molecule has 2 amide bonds. The zero-order chi connectivity index (χ0) is 20.0. The van der Waals surface area contributed by atoms with E-state index in [0.29, 0.717) is 61.1 Å². The number of thioether (sulfide) groups is 1. The van der Waals surface area contributed by atoms with Crippen LogP contribution in [0, 0.1) is 0 Å². The molecule has 8 heteroatoms. The number of nitrogens with zero attached hydrogens (tertiary/aromatic N) is 1. The largest absolute Gasteiger partial charge is 0.494 e. The van der Waals surface area contributed by atoms with E-state index in [1.807, 2.05) is 26.8 Å². The first-order valence-electron chi connectivity index (χ1n) is 8.64. The van der Waals surface area contributed by atoms with Crippen molar-refractivity contribution in [2.75, 3.05) is 13.2 Å². The molecule has 146 valence electrons. The highest BCUT2D eigenvalue weighted by Crippen LogP contribution is 2.29. The summed E-state index contributed by atoms with van der Waals surface area (Å²) in [5, 5.41) is -0.667. The van der Waals surface area contributed by atoms with E-state index < -0.39 is 16.9 Å². The number of amides is 2. The van der Waals surface area contributed by atoms with Gasteiger partial charge in [0.05, 0.1) is 17.1 Å². The van der Waals surface area contributed by atoms with Crippen LogP contribution in [-0.4, -0.2) is 41.3 Å². The first-order chi connectivity index (χ1) is 12.8. The van der Waals surface area contributed by atoms with Crippen LogP contribution in [0.15, 0.2) is 46.2 Å². The highest BCUT2D eigenvalue weighted by atomic mass is 32.2. The smallest absolute Gasteiger partial charge is 0.415 e. The first-order valence-corrected chi connectivity index (χ1v) is 9.46. The number of carbonyl (C=O) groups excluding carboxylic acids is 3. The second kappa shape index (κ2) is 8.94. The van der Waals surface area contributed by atoms with E-state index in [-0.39, 0.29) is 4.91 Å². The van der Waals surface area contributed by atoms with E-state index in [1.54, 1.807) is 23.1 Å². The number of nitrogens with two attached hydrogens (primary N) is 1. The summed E-state index contributed by atoms with van der Waals surface area (Å²) in [5.41, 5.74) is 5.79. The molecule has 1 aliphatic heterocycles. The van der Waals surface area contributed by atoms with Crippen molar-refractivity contribution in [3.8, 4) is 0 Å². The molecule has 0 bridgehead atoms. The van der Waals surface area contributed by atoms with E-state index in [2.05, 4.69) is 0 Å². The van der Waals surface area contributed by atoms with E-state index in [0.717, 1.165) is 0 Å². The van der Waals surface area contributed by atoms with Crippen molar-refractivity contribution in [2.45, 2.75) is 39.2 Å². The highest BCUT2D eigenvalue weighted by Gasteiger charge is 2.30. The number of allylic oxidation sites excluding steroid dienone is 6. The van der Waals surface area contributed by atoms with Crippen LogP contribution in [0.25, 0.3) is 0 Å². The van der Waals surface area contributed by atoms with Crippen LogP contribution in [0.3, 0.4) is 0 Å². The number of carbonyl (C=O) groups is 3. The number of hydrogen-bond donors (Lipinski definition) is 1. The third kappa shape index (κ3) is 5.75. The van der Waals surface area contributed by atoms with Gasteiger partial charge in [0.25, 0.3) is 5.24 Å². The summed E-state index contributed by atoms with van der Waals surface area (Å²) in [5.74, 6) is 0.655. The molecule has 1 aliphatic carbocycles. The quantitative estimate of drug-likeness (QED) is 0.566. The van der Waals surface area contributed by atoms with Crippen LogP contribution >= 0.6 is 11.8 Å². The molecular formula is C19H24N2O5S. The molecule has 0 fully saturated rings. The van der Waals surface area contributed by atoms with Gasteiger partial charge in [0.1, 0.15) is 18.0 Å². The maximum atomic E-state index is 12.7. The minimum atomic E-state index is -0.667. The topological polar surface area (TPSA) is 98.9 Å². The van der Waals surface area contributed by atoms with Crippen LogP contribution in [-0.2, 0) is 14.3 Å².